The molecule has 7 heteroatoms. The van der Waals surface area contributed by atoms with E-state index >= 15 is 0 Å². The van der Waals surface area contributed by atoms with Crippen molar-refractivity contribution < 1.29 is 12.7 Å². The molecule has 0 amide bonds. The third-order valence-corrected chi connectivity index (χ3v) is 2.31. The molecular weight excluding hydrogens is 284 g/mol. The summed E-state index contributed by atoms with van der Waals surface area (Å²) in [6, 6.07) is 1.95. The summed E-state index contributed by atoms with van der Waals surface area (Å²) in [5.74, 6) is -0.590. The van der Waals surface area contributed by atoms with Gasteiger partial charge in [0.1, 0.15) is 11.6 Å². The fraction of sp³-hybridized carbons (Fsp3) is 0.250. The van der Waals surface area contributed by atoms with Crippen LogP contribution in [0.25, 0.3) is 0 Å². The summed E-state index contributed by atoms with van der Waals surface area (Å²) in [7, 11) is -3.64. The molecule has 1 aliphatic carbocycles. The maximum absolute atomic E-state index is 10.7. The Morgan fingerprint density at radius 1 is 1.67 bits per heavy atom. The van der Waals surface area contributed by atoms with Crippen LogP contribution < -0.4 is 0 Å². The first-order chi connectivity index (χ1) is 6.92. The van der Waals surface area contributed by atoms with Crippen LogP contribution in [0.5, 0.6) is 0 Å². The topological polar surface area (TPSA) is 79.5 Å². The summed E-state index contributed by atoms with van der Waals surface area (Å²) in [5, 5.41) is 12.2. The lowest BCUT2D eigenvalue weighted by Gasteiger charge is -2.08. The maximum atomic E-state index is 10.7. The van der Waals surface area contributed by atoms with Gasteiger partial charge in [0, 0.05) is 4.48 Å². The van der Waals surface area contributed by atoms with E-state index in [0.29, 0.717) is 4.48 Å². The molecule has 0 N–H and O–H groups in total. The molecule has 0 aromatic carbocycles. The number of hydrogen-bond donors (Lipinski definition) is 0. The van der Waals surface area contributed by atoms with E-state index in [0.717, 1.165) is 6.26 Å². The molecule has 0 heterocycles. The Hall–Kier alpha value is -1.13. The molecule has 0 bridgehead atoms. The lowest BCUT2D eigenvalue weighted by atomic mass is 10.0. The van der Waals surface area contributed by atoms with E-state index < -0.39 is 16.0 Å². The zero-order valence-corrected chi connectivity index (χ0v) is 10.1. The average Bonchev–Trinajstić information content (AvgIpc) is 2.14. The van der Waals surface area contributed by atoms with Crippen molar-refractivity contribution in [3.63, 3.8) is 0 Å². The van der Waals surface area contributed by atoms with Gasteiger partial charge in [-0.2, -0.15) is 13.7 Å². The number of hydrogen-bond acceptors (Lipinski definition) is 5. The Bertz CT molecular complexity index is 485. The molecule has 0 saturated heterocycles. The van der Waals surface area contributed by atoms with Crippen molar-refractivity contribution >= 4 is 31.8 Å². The second-order valence-corrected chi connectivity index (χ2v) is 5.26. The lowest BCUT2D eigenvalue weighted by Crippen LogP contribution is -2.12. The van der Waals surface area contributed by atoms with Crippen LogP contribution in [0.15, 0.2) is 27.9 Å². The SMILES string of the molecule is CS(=O)(=O)ON=C1C=C(Br)C=CC1C#N. The molecule has 0 aromatic heterocycles. The van der Waals surface area contributed by atoms with Crippen LogP contribution in [-0.2, 0) is 14.4 Å². The van der Waals surface area contributed by atoms with Gasteiger partial charge in [0.05, 0.1) is 12.3 Å². The molecule has 0 fully saturated rings. The molecule has 1 rings (SSSR count). The minimum Gasteiger partial charge on any atom is -0.268 e. The zero-order chi connectivity index (χ0) is 11.5. The molecule has 0 aliphatic heterocycles. The second kappa shape index (κ2) is 4.59. The summed E-state index contributed by atoms with van der Waals surface area (Å²) >= 11 is 3.18. The van der Waals surface area contributed by atoms with Gasteiger partial charge in [0.15, 0.2) is 0 Å². The first kappa shape index (κ1) is 11.9. The standard InChI is InChI=1S/C8H7BrN2O3S/c1-15(12,13)14-11-8-4-7(9)3-2-6(8)5-10/h2-4,6H,1H3. The highest BCUT2D eigenvalue weighted by Gasteiger charge is 2.16. The number of allylic oxidation sites excluding steroid dienone is 4. The van der Waals surface area contributed by atoms with Gasteiger partial charge < -0.3 is 0 Å². The molecule has 1 unspecified atom stereocenters. The molecule has 0 spiro atoms. The summed E-state index contributed by atoms with van der Waals surface area (Å²) in [6.07, 6.45) is 5.69. The normalized spacial score (nSPS) is 23.4. The van der Waals surface area contributed by atoms with E-state index in [1.54, 1.807) is 12.2 Å². The summed E-state index contributed by atoms with van der Waals surface area (Å²) in [4.78, 5) is 0. The molecule has 0 radical (unpaired) electrons. The Morgan fingerprint density at radius 2 is 2.33 bits per heavy atom. The van der Waals surface area contributed by atoms with Crippen LogP contribution >= 0.6 is 15.9 Å². The summed E-state index contributed by atoms with van der Waals surface area (Å²) in [5.41, 5.74) is 0.248. The van der Waals surface area contributed by atoms with Crippen molar-refractivity contribution in [1.29, 1.82) is 5.26 Å². The van der Waals surface area contributed by atoms with E-state index in [1.165, 1.54) is 6.08 Å². The fourth-order valence-electron chi connectivity index (χ4n) is 0.869. The lowest BCUT2D eigenvalue weighted by molar-refractivity contribution is 0.342. The minimum absolute atomic E-state index is 0.248. The van der Waals surface area contributed by atoms with Gasteiger partial charge in [0.25, 0.3) is 0 Å². The average molecular weight is 291 g/mol. The predicted molar refractivity (Wildman–Crippen MR) is 58.6 cm³/mol. The quantitative estimate of drug-likeness (QED) is 0.718. The Morgan fingerprint density at radius 3 is 2.87 bits per heavy atom. The van der Waals surface area contributed by atoms with Crippen molar-refractivity contribution in [2.45, 2.75) is 0 Å². The molecule has 1 aliphatic rings. The van der Waals surface area contributed by atoms with Gasteiger partial charge in [-0.25, -0.2) is 0 Å². The van der Waals surface area contributed by atoms with Crippen LogP contribution in [0.2, 0.25) is 0 Å². The first-order valence-electron chi connectivity index (χ1n) is 3.84. The smallest absolute Gasteiger partial charge is 0.268 e. The minimum atomic E-state index is -3.64. The van der Waals surface area contributed by atoms with Crippen LogP contribution in [0.3, 0.4) is 0 Å². The van der Waals surface area contributed by atoms with Crippen molar-refractivity contribution in [2.75, 3.05) is 6.26 Å². The van der Waals surface area contributed by atoms with E-state index in [1.807, 2.05) is 6.07 Å². The Kier molecular flexibility index (Phi) is 3.66. The molecule has 0 saturated carbocycles. The van der Waals surface area contributed by atoms with Crippen LogP contribution in [0.4, 0.5) is 0 Å². The van der Waals surface area contributed by atoms with Gasteiger partial charge >= 0.3 is 10.1 Å². The first-order valence-corrected chi connectivity index (χ1v) is 6.45. The summed E-state index contributed by atoms with van der Waals surface area (Å²) in [6.45, 7) is 0. The van der Waals surface area contributed by atoms with Gasteiger partial charge in [0.2, 0.25) is 0 Å². The Balaban J connectivity index is 2.93. The van der Waals surface area contributed by atoms with Crippen molar-refractivity contribution in [3.05, 3.63) is 22.7 Å². The molecule has 0 aromatic rings. The van der Waals surface area contributed by atoms with Crippen molar-refractivity contribution in [3.8, 4) is 6.07 Å². The molecule has 15 heavy (non-hydrogen) atoms. The highest BCUT2D eigenvalue weighted by molar-refractivity contribution is 9.11. The monoisotopic (exact) mass is 290 g/mol. The van der Waals surface area contributed by atoms with Gasteiger partial charge in [-0.1, -0.05) is 33.2 Å². The molecular formula is C8H7BrN2O3S. The van der Waals surface area contributed by atoms with E-state index in [4.69, 9.17) is 5.26 Å². The molecule has 80 valence electrons. The molecule has 1 atom stereocenters. The third kappa shape index (κ3) is 3.85. The highest BCUT2D eigenvalue weighted by atomic mass is 79.9. The predicted octanol–water partition coefficient (Wildman–Crippen LogP) is 1.31. The maximum Gasteiger partial charge on any atom is 0.325 e. The molecule has 5 nitrogen and oxygen atoms in total. The number of halogens is 1. The number of rotatable bonds is 2. The summed E-state index contributed by atoms with van der Waals surface area (Å²) < 4.78 is 26.3. The highest BCUT2D eigenvalue weighted by Crippen LogP contribution is 2.18. The number of nitriles is 1. The van der Waals surface area contributed by atoms with Gasteiger partial charge in [-0.3, -0.25) is 4.28 Å². The second-order valence-electron chi connectivity index (χ2n) is 2.79. The van der Waals surface area contributed by atoms with Crippen LogP contribution in [-0.4, -0.2) is 20.4 Å². The van der Waals surface area contributed by atoms with Crippen molar-refractivity contribution in [2.24, 2.45) is 11.1 Å². The third-order valence-electron chi connectivity index (χ3n) is 1.47. The van der Waals surface area contributed by atoms with E-state index in [2.05, 4.69) is 25.4 Å². The van der Waals surface area contributed by atoms with Crippen molar-refractivity contribution in [1.82, 2.24) is 0 Å². The fourth-order valence-corrected chi connectivity index (χ4v) is 1.48. The number of oxime groups is 1. The van der Waals surface area contributed by atoms with E-state index in [9.17, 15) is 8.42 Å². The van der Waals surface area contributed by atoms with E-state index in [-0.39, 0.29) is 5.71 Å². The number of nitrogens with zero attached hydrogens (tertiary/aromatic N) is 2. The van der Waals surface area contributed by atoms with Crippen LogP contribution in [0, 0.1) is 17.2 Å². The van der Waals surface area contributed by atoms with Gasteiger partial charge in [-0.05, 0) is 6.08 Å². The van der Waals surface area contributed by atoms with Gasteiger partial charge in [-0.15, -0.1) is 0 Å². The zero-order valence-electron chi connectivity index (χ0n) is 7.71. The Labute approximate surface area is 96.0 Å². The largest absolute Gasteiger partial charge is 0.325 e. The van der Waals surface area contributed by atoms with Crippen LogP contribution in [0.1, 0.15) is 0 Å².